The van der Waals surface area contributed by atoms with E-state index in [2.05, 4.69) is 54.5 Å². The molecular weight excluding hydrogens is 877 g/mol. The third kappa shape index (κ3) is 8.35. The van der Waals surface area contributed by atoms with Crippen molar-refractivity contribution in [3.05, 3.63) is 11.6 Å². The van der Waals surface area contributed by atoms with Gasteiger partial charge in [-0.25, -0.2) is 0 Å². The smallest absolute Gasteiger partial charge is 0.315 e. The molecule has 5 aliphatic carbocycles. The van der Waals surface area contributed by atoms with Gasteiger partial charge >= 0.3 is 11.9 Å². The number of esters is 2. The highest BCUT2D eigenvalue weighted by Gasteiger charge is 2.70. The summed E-state index contributed by atoms with van der Waals surface area (Å²) in [6.45, 7) is 15.8. The predicted octanol–water partition coefficient (Wildman–Crippen LogP) is 1.35. The van der Waals surface area contributed by atoms with E-state index < -0.39 is 122 Å². The third-order valence-electron chi connectivity index (χ3n) is 19.2. The highest BCUT2D eigenvalue weighted by molar-refractivity contribution is 5.79. The van der Waals surface area contributed by atoms with E-state index in [9.17, 15) is 55.5 Å². The van der Waals surface area contributed by atoms with Gasteiger partial charge in [0.15, 0.2) is 18.7 Å². The average molecular weight is 955 g/mol. The number of hydrogen-bond acceptors (Lipinski definition) is 18. The molecule has 9 N–H and O–H groups in total. The largest absolute Gasteiger partial charge is 0.454 e. The monoisotopic (exact) mass is 955 g/mol. The fraction of sp³-hybridized carbons (Fsp3) is 0.918. The Bertz CT molecular complexity index is 1860. The Morgan fingerprint density at radius 1 is 0.672 bits per heavy atom. The van der Waals surface area contributed by atoms with E-state index in [4.69, 9.17) is 33.2 Å². The molecule has 3 aliphatic heterocycles. The quantitative estimate of drug-likeness (QED) is 0.0896. The molecule has 0 unspecified atom stereocenters. The van der Waals surface area contributed by atoms with Crippen molar-refractivity contribution >= 4 is 11.9 Å². The second kappa shape index (κ2) is 18.3. The average Bonchev–Trinajstić information content (AvgIpc) is 3.26. The van der Waals surface area contributed by atoms with E-state index >= 15 is 0 Å². The molecule has 0 aromatic rings. The first-order chi connectivity index (χ1) is 31.3. The van der Waals surface area contributed by atoms with Gasteiger partial charge in [0.25, 0.3) is 0 Å². The van der Waals surface area contributed by atoms with Crippen LogP contribution in [0.4, 0.5) is 0 Å². The van der Waals surface area contributed by atoms with Crippen molar-refractivity contribution in [2.45, 2.75) is 212 Å². The van der Waals surface area contributed by atoms with Crippen molar-refractivity contribution < 1.29 is 88.7 Å². The summed E-state index contributed by atoms with van der Waals surface area (Å²) in [6, 6.07) is 0. The van der Waals surface area contributed by atoms with Crippen LogP contribution in [0.25, 0.3) is 0 Å². The van der Waals surface area contributed by atoms with Gasteiger partial charge in [-0.05, 0) is 109 Å². The van der Waals surface area contributed by atoms with Crippen LogP contribution >= 0.6 is 0 Å². The lowest BCUT2D eigenvalue weighted by Gasteiger charge is -2.71. The number of carbonyl (C=O) groups is 2. The minimum Gasteiger partial charge on any atom is -0.454 e. The second-order valence-corrected chi connectivity index (χ2v) is 23.6. The molecular formula is C49H78O18. The Hall–Kier alpha value is -1.88. The van der Waals surface area contributed by atoms with E-state index in [-0.39, 0.29) is 52.1 Å². The van der Waals surface area contributed by atoms with Crippen molar-refractivity contribution in [3.8, 4) is 0 Å². The van der Waals surface area contributed by atoms with E-state index in [0.29, 0.717) is 19.3 Å². The Morgan fingerprint density at radius 2 is 1.28 bits per heavy atom. The molecule has 67 heavy (non-hydrogen) atoms. The number of ether oxygens (including phenoxy) is 7. The molecule has 0 radical (unpaired) electrons. The minimum atomic E-state index is -1.75. The summed E-state index contributed by atoms with van der Waals surface area (Å²) >= 11 is 0. The molecule has 0 bridgehead atoms. The fourth-order valence-corrected chi connectivity index (χ4v) is 15.1. The maximum Gasteiger partial charge on any atom is 0.315 e. The molecule has 18 heteroatoms. The van der Waals surface area contributed by atoms with Gasteiger partial charge < -0.3 is 79.1 Å². The summed E-state index contributed by atoms with van der Waals surface area (Å²) < 4.78 is 41.9. The van der Waals surface area contributed by atoms with Gasteiger partial charge in [-0.15, -0.1) is 0 Å². The summed E-state index contributed by atoms with van der Waals surface area (Å²) in [4.78, 5) is 27.3. The number of hydrogen-bond donors (Lipinski definition) is 9. The molecule has 3 heterocycles. The Labute approximate surface area is 393 Å². The molecule has 0 spiro atoms. The van der Waals surface area contributed by atoms with Crippen LogP contribution in [0.1, 0.15) is 120 Å². The van der Waals surface area contributed by atoms with Crippen LogP contribution in [-0.4, -0.2) is 170 Å². The molecule has 382 valence electrons. The number of fused-ring (bicyclic) bond motifs is 7. The number of aliphatic hydroxyl groups is 9. The predicted molar refractivity (Wildman–Crippen MR) is 234 cm³/mol. The first kappa shape index (κ1) is 51.5. The van der Waals surface area contributed by atoms with Gasteiger partial charge in [0.1, 0.15) is 61.0 Å². The van der Waals surface area contributed by atoms with Crippen molar-refractivity contribution in [1.29, 1.82) is 0 Å². The van der Waals surface area contributed by atoms with Gasteiger partial charge in [-0.1, -0.05) is 60.1 Å². The third-order valence-corrected chi connectivity index (χ3v) is 19.2. The van der Waals surface area contributed by atoms with Gasteiger partial charge in [0.05, 0.1) is 31.3 Å². The molecule has 8 aliphatic rings. The first-order valence-electron chi connectivity index (χ1n) is 24.6. The summed E-state index contributed by atoms with van der Waals surface area (Å²) in [5.41, 5.74) is -0.589. The highest BCUT2D eigenvalue weighted by atomic mass is 16.7. The molecule has 0 amide bonds. The lowest BCUT2D eigenvalue weighted by molar-refractivity contribution is -0.357. The lowest BCUT2D eigenvalue weighted by Crippen LogP contribution is -2.66. The van der Waals surface area contributed by atoms with Crippen LogP contribution in [0.5, 0.6) is 0 Å². The van der Waals surface area contributed by atoms with Crippen molar-refractivity contribution in [1.82, 2.24) is 0 Å². The zero-order valence-electron chi connectivity index (χ0n) is 40.4. The summed E-state index contributed by atoms with van der Waals surface area (Å²) in [6.07, 6.45) is -11.1. The standard InChI is InChI=1S/C49H78O18/c1-23(52)62-39-38(66-40-36(58)34(56)32(54)27(20-50)63-40)26(53)22-61-42(39)65-31-12-13-46(6)29(45(31,4)5)11-14-48(8)30(46)10-9-24-25-19-44(2,3)15-17-49(25,18-16-47(24,48)7)43(60)67-41-37(59)35(57)33(55)28(21-51)64-41/h9,25-42,50-51,53-59H,10-22H2,1-8H3/t25-,26-,27+,28+,29-,30+,31-,32+,33+,34-,35-,36+,37+,38-,39+,40-,41-,42-,46-,47+,48+,49-/m0/s1. The maximum absolute atomic E-state index is 14.7. The van der Waals surface area contributed by atoms with E-state index in [1.165, 1.54) is 12.5 Å². The zero-order chi connectivity index (χ0) is 49.0. The van der Waals surface area contributed by atoms with Crippen molar-refractivity contribution in [2.24, 2.45) is 50.2 Å². The number of rotatable bonds is 9. The molecule has 18 nitrogen and oxygen atoms in total. The van der Waals surface area contributed by atoms with Crippen molar-refractivity contribution in [2.75, 3.05) is 19.8 Å². The van der Waals surface area contributed by atoms with Gasteiger partial charge in [0, 0.05) is 6.92 Å². The molecule has 4 saturated carbocycles. The second-order valence-electron chi connectivity index (χ2n) is 23.6. The molecule has 22 atom stereocenters. The van der Waals surface area contributed by atoms with Crippen LogP contribution in [0.3, 0.4) is 0 Å². The van der Waals surface area contributed by atoms with E-state index in [1.54, 1.807) is 0 Å². The van der Waals surface area contributed by atoms with E-state index in [0.717, 1.165) is 44.9 Å². The summed E-state index contributed by atoms with van der Waals surface area (Å²) in [5.74, 6) is -0.834. The van der Waals surface area contributed by atoms with Crippen LogP contribution in [0, 0.1) is 50.2 Å². The Morgan fingerprint density at radius 3 is 1.91 bits per heavy atom. The fourth-order valence-electron chi connectivity index (χ4n) is 15.1. The SMILES string of the molecule is CC(=O)O[C@H]1[C@H](O[C@H]2CC[C@]3(C)[C@H]4CC=C5[C@@H]6CC(C)(C)CC[C@]6(C(=O)O[C@@H]6O[C@H](CO)[C@@H](O)[C@H](O)[C@H]6O)CC[C@@]5(C)[C@]4(C)CC[C@H]3C2(C)C)OC[C@H](O)[C@@H]1O[C@@H]1O[C@H](CO)[C@@H](O)[C@H](O)[C@H]1O. The Kier molecular flexibility index (Phi) is 14.1. The van der Waals surface area contributed by atoms with Crippen LogP contribution in [0.15, 0.2) is 11.6 Å². The molecule has 0 aromatic heterocycles. The molecule has 3 saturated heterocycles. The lowest BCUT2D eigenvalue weighted by atomic mass is 9.33. The number of aliphatic hydroxyl groups excluding tert-OH is 9. The minimum absolute atomic E-state index is 0.0544. The van der Waals surface area contributed by atoms with Gasteiger partial charge in [0.2, 0.25) is 6.29 Å². The normalized spacial score (nSPS) is 51.4. The zero-order valence-corrected chi connectivity index (χ0v) is 40.4. The first-order valence-corrected chi connectivity index (χ1v) is 24.6. The van der Waals surface area contributed by atoms with Crippen LogP contribution in [-0.2, 0) is 42.7 Å². The molecule has 7 fully saturated rings. The van der Waals surface area contributed by atoms with E-state index in [1.807, 2.05) is 0 Å². The molecule has 8 rings (SSSR count). The highest BCUT2D eigenvalue weighted by Crippen LogP contribution is 2.76. The van der Waals surface area contributed by atoms with Crippen LogP contribution < -0.4 is 0 Å². The van der Waals surface area contributed by atoms with Gasteiger partial charge in [-0.3, -0.25) is 9.59 Å². The summed E-state index contributed by atoms with van der Waals surface area (Å²) in [7, 11) is 0. The maximum atomic E-state index is 14.7. The number of carbonyl (C=O) groups excluding carboxylic acids is 2. The number of allylic oxidation sites excluding steroid dienone is 2. The van der Waals surface area contributed by atoms with Crippen LogP contribution in [0.2, 0.25) is 0 Å². The Balaban J connectivity index is 1.03. The topological polar surface area (TPSA) is 281 Å². The molecule has 0 aromatic carbocycles. The van der Waals surface area contributed by atoms with Crippen molar-refractivity contribution in [3.63, 3.8) is 0 Å². The van der Waals surface area contributed by atoms with Gasteiger partial charge in [-0.2, -0.15) is 0 Å². The summed E-state index contributed by atoms with van der Waals surface area (Å²) in [5, 5.41) is 94.0.